The monoisotopic (exact) mass is 332 g/mol. The van der Waals surface area contributed by atoms with Crippen LogP contribution < -0.4 is 0 Å². The topological polar surface area (TPSA) is 149 Å². The molecule has 23 heavy (non-hydrogen) atoms. The molecule has 0 fully saturated rings. The van der Waals surface area contributed by atoms with Gasteiger partial charge in [0.15, 0.2) is 5.92 Å². The van der Waals surface area contributed by atoms with Crippen molar-refractivity contribution >= 4 is 23.9 Å². The largest absolute Gasteiger partial charge is 0.481 e. The van der Waals surface area contributed by atoms with Gasteiger partial charge in [-0.05, 0) is 19.3 Å². The highest BCUT2D eigenvalue weighted by Crippen LogP contribution is 2.13. The van der Waals surface area contributed by atoms with Crippen LogP contribution in [0.3, 0.4) is 0 Å². The van der Waals surface area contributed by atoms with E-state index in [1.165, 1.54) is 0 Å². The molecule has 132 valence electrons. The molecule has 0 aliphatic heterocycles. The normalized spacial score (nSPS) is 9.61. The Morgan fingerprint density at radius 2 is 1.22 bits per heavy atom. The minimum atomic E-state index is -1.31. The third-order valence-electron chi connectivity index (χ3n) is 2.80. The van der Waals surface area contributed by atoms with Crippen molar-refractivity contribution < 1.29 is 39.6 Å². The summed E-state index contributed by atoms with van der Waals surface area (Å²) in [5.41, 5.74) is 0. The maximum atomic E-state index is 10.6. The molecule has 0 aromatic rings. The quantitative estimate of drug-likeness (QED) is 0.241. The number of carboxylic acids is 4. The van der Waals surface area contributed by atoms with Gasteiger partial charge in [-0.3, -0.25) is 19.2 Å². The highest BCUT2D eigenvalue weighted by Gasteiger charge is 2.24. The van der Waals surface area contributed by atoms with Gasteiger partial charge >= 0.3 is 23.9 Å². The summed E-state index contributed by atoms with van der Waals surface area (Å²) in [5, 5.41) is 32.7. The van der Waals surface area contributed by atoms with E-state index in [-0.39, 0.29) is 6.42 Å². The van der Waals surface area contributed by atoms with Crippen molar-refractivity contribution in [1.29, 1.82) is 0 Å². The molecule has 0 aliphatic rings. The molecule has 0 unspecified atom stereocenters. The van der Waals surface area contributed by atoms with E-state index in [0.717, 1.165) is 32.1 Å². The van der Waals surface area contributed by atoms with E-state index in [1.807, 2.05) is 6.08 Å². The van der Waals surface area contributed by atoms with Gasteiger partial charge in [0, 0.05) is 0 Å². The lowest BCUT2D eigenvalue weighted by atomic mass is 10.0. The summed E-state index contributed by atoms with van der Waals surface area (Å²) in [6, 6.07) is 0. The molecule has 0 atom stereocenters. The number of allylic oxidation sites excluding steroid dienone is 1. The lowest BCUT2D eigenvalue weighted by Crippen LogP contribution is -2.23. The fourth-order valence-electron chi connectivity index (χ4n) is 1.65. The number of carbonyl (C=O) groups is 4. The van der Waals surface area contributed by atoms with Gasteiger partial charge in [-0.15, -0.1) is 6.58 Å². The van der Waals surface area contributed by atoms with E-state index in [9.17, 15) is 19.2 Å². The molecule has 0 rings (SSSR count). The lowest BCUT2D eigenvalue weighted by Gasteiger charge is -2.06. The van der Waals surface area contributed by atoms with Crippen LogP contribution in [0.15, 0.2) is 12.7 Å². The molecule has 0 amide bonds. The summed E-state index contributed by atoms with van der Waals surface area (Å²) in [7, 11) is 0. The lowest BCUT2D eigenvalue weighted by molar-refractivity contribution is -0.155. The van der Waals surface area contributed by atoms with Crippen molar-refractivity contribution in [1.82, 2.24) is 0 Å². The molecule has 0 saturated carbocycles. The maximum Gasteiger partial charge on any atom is 0.317 e. The molecule has 0 aliphatic carbocycles. The fraction of sp³-hybridized carbons (Fsp3) is 0.600. The summed E-state index contributed by atoms with van der Waals surface area (Å²) in [6.45, 7) is 3.63. The summed E-state index contributed by atoms with van der Waals surface area (Å²) in [5.74, 6) is -6.34. The average Bonchev–Trinajstić information content (AvgIpc) is 2.40. The fourth-order valence-corrected chi connectivity index (χ4v) is 1.65. The Morgan fingerprint density at radius 1 is 0.783 bits per heavy atom. The Bertz CT molecular complexity index is 376. The minimum absolute atomic E-state index is 0.228. The molecule has 0 saturated heterocycles. The highest BCUT2D eigenvalue weighted by molar-refractivity contribution is 5.92. The Labute approximate surface area is 134 Å². The van der Waals surface area contributed by atoms with E-state index < -0.39 is 36.2 Å². The first-order valence-electron chi connectivity index (χ1n) is 7.22. The third kappa shape index (κ3) is 17.6. The predicted molar refractivity (Wildman–Crippen MR) is 81.2 cm³/mol. The standard InChI is InChI=1S/C12H20O4.C3H4O4/c1-2-3-4-5-6-7-8-9-10(11(13)14)12(15)16;4-2(5)1-3(6)7/h2,10H,1,3-9H2,(H,13,14)(H,15,16);1H2,(H,4,5)(H,6,7). The van der Waals surface area contributed by atoms with E-state index >= 15 is 0 Å². The van der Waals surface area contributed by atoms with Crippen LogP contribution in [-0.2, 0) is 19.2 Å². The van der Waals surface area contributed by atoms with Crippen LogP contribution in [0.2, 0.25) is 0 Å². The summed E-state index contributed by atoms with van der Waals surface area (Å²) in [6.07, 6.45) is 7.09. The molecule has 8 nitrogen and oxygen atoms in total. The zero-order valence-electron chi connectivity index (χ0n) is 12.9. The molecule has 0 spiro atoms. The second-order valence-corrected chi connectivity index (χ2v) is 4.83. The van der Waals surface area contributed by atoms with E-state index in [2.05, 4.69) is 6.58 Å². The van der Waals surface area contributed by atoms with Crippen molar-refractivity contribution in [3.05, 3.63) is 12.7 Å². The summed E-state index contributed by atoms with van der Waals surface area (Å²) in [4.78, 5) is 40.0. The average molecular weight is 332 g/mol. The first-order valence-corrected chi connectivity index (χ1v) is 7.22. The molecule has 0 radical (unpaired) electrons. The smallest absolute Gasteiger partial charge is 0.317 e. The van der Waals surface area contributed by atoms with Crippen molar-refractivity contribution in [3.63, 3.8) is 0 Å². The van der Waals surface area contributed by atoms with Crippen LogP contribution in [0.5, 0.6) is 0 Å². The molecule has 4 N–H and O–H groups in total. The molecule has 0 bridgehead atoms. The van der Waals surface area contributed by atoms with E-state index in [4.69, 9.17) is 20.4 Å². The molecule has 8 heteroatoms. The Hall–Kier alpha value is -2.38. The van der Waals surface area contributed by atoms with Crippen LogP contribution in [0.25, 0.3) is 0 Å². The number of carboxylic acid groups (broad SMARTS) is 4. The van der Waals surface area contributed by atoms with Crippen LogP contribution in [-0.4, -0.2) is 44.3 Å². The van der Waals surface area contributed by atoms with Crippen molar-refractivity contribution in [2.75, 3.05) is 0 Å². The Balaban J connectivity index is 0. The summed E-state index contributed by atoms with van der Waals surface area (Å²) < 4.78 is 0. The van der Waals surface area contributed by atoms with Crippen molar-refractivity contribution in [2.45, 2.75) is 51.4 Å². The number of hydrogen-bond acceptors (Lipinski definition) is 4. The first-order chi connectivity index (χ1) is 10.7. The van der Waals surface area contributed by atoms with Crippen LogP contribution >= 0.6 is 0 Å². The minimum Gasteiger partial charge on any atom is -0.481 e. The zero-order chi connectivity index (χ0) is 18.3. The van der Waals surface area contributed by atoms with Crippen molar-refractivity contribution in [2.24, 2.45) is 5.92 Å². The van der Waals surface area contributed by atoms with Gasteiger partial charge in [0.05, 0.1) is 0 Å². The number of hydrogen-bond donors (Lipinski definition) is 4. The van der Waals surface area contributed by atoms with Gasteiger partial charge in [-0.2, -0.15) is 0 Å². The molecular weight excluding hydrogens is 308 g/mol. The third-order valence-corrected chi connectivity index (χ3v) is 2.80. The Kier molecular flexibility index (Phi) is 14.5. The SMILES string of the molecule is C=CCCCCCCCC(C(=O)O)C(=O)O.O=C(O)CC(=O)O. The van der Waals surface area contributed by atoms with Gasteiger partial charge in [-0.1, -0.05) is 31.8 Å². The summed E-state index contributed by atoms with van der Waals surface area (Å²) >= 11 is 0. The predicted octanol–water partition coefficient (Wildman–Crippen LogP) is 2.23. The van der Waals surface area contributed by atoms with E-state index in [1.54, 1.807) is 0 Å². The number of unbranched alkanes of at least 4 members (excludes halogenated alkanes) is 5. The molecular formula is C15H24O8. The number of aliphatic carboxylic acids is 4. The number of rotatable bonds is 12. The Morgan fingerprint density at radius 3 is 1.57 bits per heavy atom. The van der Waals surface area contributed by atoms with Gasteiger partial charge in [-0.25, -0.2) is 0 Å². The maximum absolute atomic E-state index is 10.6. The zero-order valence-corrected chi connectivity index (χ0v) is 12.9. The van der Waals surface area contributed by atoms with Gasteiger partial charge in [0.1, 0.15) is 6.42 Å². The molecule has 0 aromatic carbocycles. The second kappa shape index (κ2) is 14.6. The van der Waals surface area contributed by atoms with Gasteiger partial charge < -0.3 is 20.4 Å². The van der Waals surface area contributed by atoms with Crippen LogP contribution in [0, 0.1) is 5.92 Å². The van der Waals surface area contributed by atoms with Gasteiger partial charge in [0.2, 0.25) is 0 Å². The highest BCUT2D eigenvalue weighted by atomic mass is 16.4. The van der Waals surface area contributed by atoms with Crippen LogP contribution in [0.4, 0.5) is 0 Å². The van der Waals surface area contributed by atoms with E-state index in [0.29, 0.717) is 6.42 Å². The van der Waals surface area contributed by atoms with Crippen LogP contribution in [0.1, 0.15) is 51.4 Å². The van der Waals surface area contributed by atoms with Crippen molar-refractivity contribution in [3.8, 4) is 0 Å². The first kappa shape index (κ1) is 22.9. The van der Waals surface area contributed by atoms with Gasteiger partial charge in [0.25, 0.3) is 0 Å². The molecule has 0 aromatic heterocycles. The molecule has 0 heterocycles. The second-order valence-electron chi connectivity index (χ2n) is 4.83.